The van der Waals surface area contributed by atoms with Gasteiger partial charge in [-0.1, -0.05) is 18.2 Å². The standard InChI is InChI=1S/C25H16N6OS/c1-14-28-13-20(33-14)22-21(16-6-7-19-15(10-16)4-3-9-27-19)30-23-24(32)18(12-29-25(23)31-22)17-5-2-8-26-11-17/h2-13H,1H3,(H,29,31,32). The van der Waals surface area contributed by atoms with Crippen molar-refractivity contribution in [1.82, 2.24) is 29.9 Å². The largest absolute Gasteiger partial charge is 0.344 e. The van der Waals surface area contributed by atoms with Gasteiger partial charge >= 0.3 is 0 Å². The SMILES string of the molecule is Cc1ncc(-c2nc3[nH]cc(-c4cccnc4)c(=O)c3nc2-c2ccc3ncccc3c2)s1. The number of aromatic amines is 1. The van der Waals surface area contributed by atoms with E-state index >= 15 is 0 Å². The van der Waals surface area contributed by atoms with E-state index in [1.807, 2.05) is 43.3 Å². The van der Waals surface area contributed by atoms with Gasteiger partial charge in [0, 0.05) is 53.1 Å². The van der Waals surface area contributed by atoms with Gasteiger partial charge in [-0.3, -0.25) is 14.8 Å². The van der Waals surface area contributed by atoms with Crippen molar-refractivity contribution < 1.29 is 0 Å². The average Bonchev–Trinajstić information content (AvgIpc) is 3.30. The zero-order chi connectivity index (χ0) is 22.4. The molecule has 33 heavy (non-hydrogen) atoms. The van der Waals surface area contributed by atoms with E-state index in [2.05, 4.69) is 19.9 Å². The molecular formula is C25H16N6OS. The molecule has 0 saturated carbocycles. The molecule has 6 aromatic rings. The average molecular weight is 449 g/mol. The molecule has 8 heteroatoms. The molecular weight excluding hydrogens is 432 g/mol. The third-order valence-corrected chi connectivity index (χ3v) is 6.33. The van der Waals surface area contributed by atoms with Crippen molar-refractivity contribution in [2.45, 2.75) is 6.92 Å². The van der Waals surface area contributed by atoms with Crippen LogP contribution in [0.15, 0.2) is 78.2 Å². The summed E-state index contributed by atoms with van der Waals surface area (Å²) in [6, 6.07) is 13.5. The fourth-order valence-electron chi connectivity index (χ4n) is 3.83. The minimum atomic E-state index is -0.194. The molecule has 0 saturated heterocycles. The van der Waals surface area contributed by atoms with Crippen LogP contribution < -0.4 is 5.43 Å². The van der Waals surface area contributed by atoms with Gasteiger partial charge in [0.25, 0.3) is 0 Å². The lowest BCUT2D eigenvalue weighted by Crippen LogP contribution is -2.10. The van der Waals surface area contributed by atoms with Gasteiger partial charge in [0.1, 0.15) is 5.69 Å². The van der Waals surface area contributed by atoms with Crippen LogP contribution in [-0.4, -0.2) is 29.9 Å². The smallest absolute Gasteiger partial charge is 0.217 e. The number of hydrogen-bond donors (Lipinski definition) is 1. The molecule has 158 valence electrons. The van der Waals surface area contributed by atoms with Crippen LogP contribution in [0, 0.1) is 6.92 Å². The van der Waals surface area contributed by atoms with E-state index in [0.717, 1.165) is 31.9 Å². The Kier molecular flexibility index (Phi) is 4.51. The molecule has 6 rings (SSSR count). The van der Waals surface area contributed by atoms with Crippen LogP contribution in [0.25, 0.3) is 55.0 Å². The van der Waals surface area contributed by atoms with Gasteiger partial charge in [0.15, 0.2) is 11.2 Å². The molecule has 0 radical (unpaired) electrons. The van der Waals surface area contributed by atoms with Crippen molar-refractivity contribution in [1.29, 1.82) is 0 Å². The van der Waals surface area contributed by atoms with E-state index in [1.54, 1.807) is 37.1 Å². The lowest BCUT2D eigenvalue weighted by Gasteiger charge is -2.10. The molecule has 0 aliphatic heterocycles. The highest BCUT2D eigenvalue weighted by atomic mass is 32.1. The Morgan fingerprint density at radius 1 is 0.909 bits per heavy atom. The molecule has 0 aliphatic carbocycles. The maximum atomic E-state index is 13.4. The quantitative estimate of drug-likeness (QED) is 0.408. The maximum Gasteiger partial charge on any atom is 0.217 e. The van der Waals surface area contributed by atoms with E-state index in [0.29, 0.717) is 22.6 Å². The van der Waals surface area contributed by atoms with E-state index < -0.39 is 0 Å². The van der Waals surface area contributed by atoms with Gasteiger partial charge < -0.3 is 4.98 Å². The number of thiazole rings is 1. The lowest BCUT2D eigenvalue weighted by atomic mass is 10.0. The number of nitrogens with zero attached hydrogens (tertiary/aromatic N) is 5. The Balaban J connectivity index is 1.65. The Labute approximate surface area is 191 Å². The fraction of sp³-hybridized carbons (Fsp3) is 0.0400. The first-order valence-corrected chi connectivity index (χ1v) is 11.1. The molecule has 7 nitrogen and oxygen atoms in total. The number of aromatic nitrogens is 6. The molecule has 0 atom stereocenters. The first kappa shape index (κ1) is 19.4. The first-order valence-electron chi connectivity index (χ1n) is 10.3. The molecule has 1 aromatic carbocycles. The summed E-state index contributed by atoms with van der Waals surface area (Å²) in [5.41, 5.74) is 4.80. The second-order valence-electron chi connectivity index (χ2n) is 7.55. The number of pyridine rings is 3. The third kappa shape index (κ3) is 3.37. The number of H-pyrrole nitrogens is 1. The van der Waals surface area contributed by atoms with Crippen LogP contribution in [0.4, 0.5) is 0 Å². The van der Waals surface area contributed by atoms with Gasteiger partial charge in [-0.15, -0.1) is 11.3 Å². The van der Waals surface area contributed by atoms with Gasteiger partial charge in [-0.25, -0.2) is 15.0 Å². The van der Waals surface area contributed by atoms with E-state index in [4.69, 9.17) is 9.97 Å². The highest BCUT2D eigenvalue weighted by molar-refractivity contribution is 7.15. The summed E-state index contributed by atoms with van der Waals surface area (Å²) in [5, 5.41) is 1.92. The zero-order valence-electron chi connectivity index (χ0n) is 17.5. The second-order valence-corrected chi connectivity index (χ2v) is 8.78. The number of rotatable bonds is 3. The molecule has 0 spiro atoms. The van der Waals surface area contributed by atoms with Crippen molar-refractivity contribution in [2.75, 3.05) is 0 Å². The molecule has 5 heterocycles. The minimum absolute atomic E-state index is 0.194. The van der Waals surface area contributed by atoms with Crippen molar-refractivity contribution >= 4 is 33.4 Å². The summed E-state index contributed by atoms with van der Waals surface area (Å²) < 4.78 is 0. The summed E-state index contributed by atoms with van der Waals surface area (Å²) in [4.78, 5) is 40.1. The molecule has 0 fully saturated rings. The van der Waals surface area contributed by atoms with E-state index in [-0.39, 0.29) is 10.9 Å². The Bertz CT molecular complexity index is 1710. The Hall–Kier alpha value is -4.30. The summed E-state index contributed by atoms with van der Waals surface area (Å²) in [7, 11) is 0. The second kappa shape index (κ2) is 7.68. The molecule has 0 bridgehead atoms. The number of hydrogen-bond acceptors (Lipinski definition) is 7. The molecule has 1 N–H and O–H groups in total. The zero-order valence-corrected chi connectivity index (χ0v) is 18.3. The van der Waals surface area contributed by atoms with E-state index in [1.165, 1.54) is 11.3 Å². The van der Waals surface area contributed by atoms with Crippen molar-refractivity contribution in [3.63, 3.8) is 0 Å². The predicted molar refractivity (Wildman–Crippen MR) is 130 cm³/mol. The maximum absolute atomic E-state index is 13.4. The lowest BCUT2D eigenvalue weighted by molar-refractivity contribution is 1.21. The monoisotopic (exact) mass is 448 g/mol. The van der Waals surface area contributed by atoms with Gasteiger partial charge in [-0.05, 0) is 31.2 Å². The topological polar surface area (TPSA) is 97.3 Å². The van der Waals surface area contributed by atoms with Crippen LogP contribution in [0.3, 0.4) is 0 Å². The highest BCUT2D eigenvalue weighted by Gasteiger charge is 2.18. The van der Waals surface area contributed by atoms with Crippen LogP contribution >= 0.6 is 11.3 Å². The summed E-state index contributed by atoms with van der Waals surface area (Å²) in [6.07, 6.45) is 8.57. The van der Waals surface area contributed by atoms with E-state index in [9.17, 15) is 4.79 Å². The summed E-state index contributed by atoms with van der Waals surface area (Å²) in [6.45, 7) is 1.95. The number of benzene rings is 1. The summed E-state index contributed by atoms with van der Waals surface area (Å²) in [5.74, 6) is 0. The molecule has 5 aromatic heterocycles. The first-order chi connectivity index (χ1) is 16.2. The molecule has 0 aliphatic rings. The van der Waals surface area contributed by atoms with Gasteiger partial charge in [-0.2, -0.15) is 0 Å². The van der Waals surface area contributed by atoms with Crippen LogP contribution in [0.2, 0.25) is 0 Å². The van der Waals surface area contributed by atoms with Crippen LogP contribution in [0.5, 0.6) is 0 Å². The highest BCUT2D eigenvalue weighted by Crippen LogP contribution is 2.34. The number of fused-ring (bicyclic) bond motifs is 2. The third-order valence-electron chi connectivity index (χ3n) is 5.41. The van der Waals surface area contributed by atoms with Crippen molar-refractivity contribution in [3.8, 4) is 33.0 Å². The molecule has 0 unspecified atom stereocenters. The minimum Gasteiger partial charge on any atom is -0.344 e. The summed E-state index contributed by atoms with van der Waals surface area (Å²) >= 11 is 1.54. The Morgan fingerprint density at radius 3 is 2.64 bits per heavy atom. The van der Waals surface area contributed by atoms with Crippen LogP contribution in [-0.2, 0) is 0 Å². The van der Waals surface area contributed by atoms with Crippen molar-refractivity contribution in [3.05, 3.63) is 88.7 Å². The normalized spacial score (nSPS) is 11.3. The fourth-order valence-corrected chi connectivity index (χ4v) is 4.60. The van der Waals surface area contributed by atoms with Gasteiger partial charge in [0.05, 0.1) is 21.1 Å². The molecule has 0 amide bonds. The van der Waals surface area contributed by atoms with Gasteiger partial charge in [0.2, 0.25) is 5.43 Å². The number of nitrogens with one attached hydrogen (secondary N) is 1. The Morgan fingerprint density at radius 2 is 1.82 bits per heavy atom. The predicted octanol–water partition coefficient (Wildman–Crippen LogP) is 5.03. The van der Waals surface area contributed by atoms with Crippen molar-refractivity contribution in [2.24, 2.45) is 0 Å². The van der Waals surface area contributed by atoms with Crippen LogP contribution in [0.1, 0.15) is 5.01 Å². The number of aryl methyl sites for hydroxylation is 1.